The van der Waals surface area contributed by atoms with Crippen molar-refractivity contribution < 1.29 is 4.74 Å². The monoisotopic (exact) mass is 271 g/mol. The molecule has 0 aliphatic heterocycles. The van der Waals surface area contributed by atoms with Gasteiger partial charge in [0.1, 0.15) is 17.4 Å². The van der Waals surface area contributed by atoms with Crippen molar-refractivity contribution in [2.24, 2.45) is 0 Å². The summed E-state index contributed by atoms with van der Waals surface area (Å²) in [6.07, 6.45) is 1.86. The van der Waals surface area contributed by atoms with E-state index < -0.39 is 0 Å². The minimum atomic E-state index is 0.583. The van der Waals surface area contributed by atoms with Gasteiger partial charge in [-0.3, -0.25) is 0 Å². The van der Waals surface area contributed by atoms with Crippen molar-refractivity contribution in [2.45, 2.75) is 33.6 Å². The summed E-state index contributed by atoms with van der Waals surface area (Å²) in [5, 5.41) is 3.04. The Hall–Kier alpha value is -2.10. The molecule has 2 rings (SSSR count). The third-order valence-corrected chi connectivity index (χ3v) is 3.02. The lowest BCUT2D eigenvalue weighted by molar-refractivity contribution is 0.455. The van der Waals surface area contributed by atoms with Gasteiger partial charge in [0.05, 0.1) is 0 Å². The van der Waals surface area contributed by atoms with Gasteiger partial charge in [-0.2, -0.15) is 4.98 Å². The van der Waals surface area contributed by atoms with Crippen molar-refractivity contribution >= 4 is 5.82 Å². The number of hydrogen-bond donors (Lipinski definition) is 1. The van der Waals surface area contributed by atoms with Crippen LogP contribution < -0.4 is 10.1 Å². The van der Waals surface area contributed by atoms with Gasteiger partial charge in [-0.25, -0.2) is 4.98 Å². The second-order valence-electron chi connectivity index (χ2n) is 4.88. The zero-order chi connectivity index (χ0) is 14.5. The Morgan fingerprint density at radius 2 is 1.95 bits per heavy atom. The lowest BCUT2D eigenvalue weighted by Gasteiger charge is -2.11. The number of benzene rings is 1. The predicted octanol–water partition coefficient (Wildman–Crippen LogP) is 3.88. The minimum Gasteiger partial charge on any atom is -0.439 e. The van der Waals surface area contributed by atoms with E-state index in [4.69, 9.17) is 4.74 Å². The standard InChI is InChI=1S/C16H21N3O/c1-5-6-14-18-15(17-4)10-16(19-14)20-13-8-7-11(2)9-12(13)3/h7-10H,5-6H2,1-4H3,(H,17,18,19). The number of aryl methyl sites for hydroxylation is 3. The Morgan fingerprint density at radius 1 is 1.15 bits per heavy atom. The molecule has 0 saturated carbocycles. The Kier molecular flexibility index (Phi) is 4.56. The van der Waals surface area contributed by atoms with Gasteiger partial charge in [-0.05, 0) is 31.9 Å². The van der Waals surface area contributed by atoms with E-state index in [-0.39, 0.29) is 0 Å². The number of ether oxygens (including phenoxy) is 1. The second-order valence-corrected chi connectivity index (χ2v) is 4.88. The van der Waals surface area contributed by atoms with Crippen LogP contribution in [0.3, 0.4) is 0 Å². The Morgan fingerprint density at radius 3 is 2.60 bits per heavy atom. The van der Waals surface area contributed by atoms with Crippen molar-refractivity contribution in [1.82, 2.24) is 9.97 Å². The number of nitrogens with zero attached hydrogens (tertiary/aromatic N) is 2. The molecule has 0 atom stereocenters. The minimum absolute atomic E-state index is 0.583. The number of anilines is 1. The SMILES string of the molecule is CCCc1nc(NC)cc(Oc2ccc(C)cc2C)n1. The molecule has 4 nitrogen and oxygen atoms in total. The molecule has 4 heteroatoms. The van der Waals surface area contributed by atoms with Crippen LogP contribution in [0.15, 0.2) is 24.3 Å². The van der Waals surface area contributed by atoms with Crippen LogP contribution in [0.25, 0.3) is 0 Å². The lowest BCUT2D eigenvalue weighted by atomic mass is 10.1. The molecule has 20 heavy (non-hydrogen) atoms. The summed E-state index contributed by atoms with van der Waals surface area (Å²) in [6, 6.07) is 7.93. The molecule has 0 unspecified atom stereocenters. The van der Waals surface area contributed by atoms with Crippen LogP contribution in [0.5, 0.6) is 11.6 Å². The Bertz CT molecular complexity index is 596. The van der Waals surface area contributed by atoms with Crippen molar-refractivity contribution in [3.8, 4) is 11.6 Å². The largest absolute Gasteiger partial charge is 0.439 e. The van der Waals surface area contributed by atoms with Crippen molar-refractivity contribution in [3.63, 3.8) is 0 Å². The zero-order valence-electron chi connectivity index (χ0n) is 12.5. The van der Waals surface area contributed by atoms with Gasteiger partial charge in [0, 0.05) is 19.5 Å². The maximum absolute atomic E-state index is 5.90. The number of nitrogens with one attached hydrogen (secondary N) is 1. The average molecular weight is 271 g/mol. The first-order valence-electron chi connectivity index (χ1n) is 6.93. The first kappa shape index (κ1) is 14.3. The van der Waals surface area contributed by atoms with Gasteiger partial charge in [0.25, 0.3) is 0 Å². The van der Waals surface area contributed by atoms with E-state index in [1.54, 1.807) is 0 Å². The molecular weight excluding hydrogens is 250 g/mol. The van der Waals surface area contributed by atoms with Crippen LogP contribution in [0, 0.1) is 13.8 Å². The highest BCUT2D eigenvalue weighted by atomic mass is 16.5. The number of rotatable bonds is 5. The zero-order valence-corrected chi connectivity index (χ0v) is 12.5. The smallest absolute Gasteiger partial charge is 0.224 e. The molecule has 0 bridgehead atoms. The van der Waals surface area contributed by atoms with E-state index in [9.17, 15) is 0 Å². The van der Waals surface area contributed by atoms with E-state index in [2.05, 4.69) is 35.2 Å². The van der Waals surface area contributed by atoms with Crippen LogP contribution in [0.4, 0.5) is 5.82 Å². The van der Waals surface area contributed by atoms with Crippen LogP contribution in [-0.4, -0.2) is 17.0 Å². The molecule has 0 fully saturated rings. The summed E-state index contributed by atoms with van der Waals surface area (Å²) in [5.74, 6) is 3.00. The molecule has 0 aliphatic carbocycles. The average Bonchev–Trinajstić information content (AvgIpc) is 2.42. The fourth-order valence-electron chi connectivity index (χ4n) is 2.02. The molecule has 106 valence electrons. The van der Waals surface area contributed by atoms with Crippen LogP contribution >= 0.6 is 0 Å². The fourth-order valence-corrected chi connectivity index (χ4v) is 2.02. The predicted molar refractivity (Wildman–Crippen MR) is 81.6 cm³/mol. The fraction of sp³-hybridized carbons (Fsp3) is 0.375. The summed E-state index contributed by atoms with van der Waals surface area (Å²) < 4.78 is 5.90. The third-order valence-electron chi connectivity index (χ3n) is 3.02. The summed E-state index contributed by atoms with van der Waals surface area (Å²) in [6.45, 7) is 6.22. The van der Waals surface area contributed by atoms with Gasteiger partial charge >= 0.3 is 0 Å². The van der Waals surface area contributed by atoms with E-state index in [1.165, 1.54) is 5.56 Å². The molecule has 0 saturated heterocycles. The second kappa shape index (κ2) is 6.37. The van der Waals surface area contributed by atoms with Crippen LogP contribution in [0.2, 0.25) is 0 Å². The number of aromatic nitrogens is 2. The van der Waals surface area contributed by atoms with Crippen molar-refractivity contribution in [2.75, 3.05) is 12.4 Å². The molecule has 0 aliphatic rings. The van der Waals surface area contributed by atoms with E-state index >= 15 is 0 Å². The van der Waals surface area contributed by atoms with Crippen LogP contribution in [-0.2, 0) is 6.42 Å². The Balaban J connectivity index is 2.29. The molecule has 0 radical (unpaired) electrons. The summed E-state index contributed by atoms with van der Waals surface area (Å²) in [5.41, 5.74) is 2.33. The van der Waals surface area contributed by atoms with Gasteiger partial charge in [-0.1, -0.05) is 24.6 Å². The van der Waals surface area contributed by atoms with Crippen LogP contribution in [0.1, 0.15) is 30.3 Å². The molecular formula is C16H21N3O. The van der Waals surface area contributed by atoms with E-state index in [1.807, 2.05) is 32.2 Å². The summed E-state index contributed by atoms with van der Waals surface area (Å²) >= 11 is 0. The molecule has 0 amide bonds. The first-order valence-corrected chi connectivity index (χ1v) is 6.93. The van der Waals surface area contributed by atoms with Gasteiger partial charge in [0.2, 0.25) is 5.88 Å². The van der Waals surface area contributed by atoms with Gasteiger partial charge in [0.15, 0.2) is 0 Å². The summed E-state index contributed by atoms with van der Waals surface area (Å²) in [4.78, 5) is 8.87. The summed E-state index contributed by atoms with van der Waals surface area (Å²) in [7, 11) is 1.85. The van der Waals surface area contributed by atoms with Crippen molar-refractivity contribution in [3.05, 3.63) is 41.2 Å². The highest BCUT2D eigenvalue weighted by molar-refractivity contribution is 5.42. The van der Waals surface area contributed by atoms with E-state index in [0.717, 1.165) is 35.8 Å². The Labute approximate surface area is 120 Å². The number of hydrogen-bond acceptors (Lipinski definition) is 4. The normalized spacial score (nSPS) is 10.4. The highest BCUT2D eigenvalue weighted by Gasteiger charge is 2.07. The molecule has 1 aromatic carbocycles. The topological polar surface area (TPSA) is 47.0 Å². The quantitative estimate of drug-likeness (QED) is 0.896. The molecule has 1 N–H and O–H groups in total. The lowest BCUT2D eigenvalue weighted by Crippen LogP contribution is -2.02. The maximum Gasteiger partial charge on any atom is 0.224 e. The molecule has 1 heterocycles. The van der Waals surface area contributed by atoms with Crippen molar-refractivity contribution in [1.29, 1.82) is 0 Å². The van der Waals surface area contributed by atoms with Gasteiger partial charge in [-0.15, -0.1) is 0 Å². The van der Waals surface area contributed by atoms with E-state index in [0.29, 0.717) is 5.88 Å². The molecule has 2 aromatic rings. The highest BCUT2D eigenvalue weighted by Crippen LogP contribution is 2.25. The molecule has 0 spiro atoms. The molecule has 1 aromatic heterocycles. The first-order chi connectivity index (χ1) is 9.62. The third kappa shape index (κ3) is 3.47. The van der Waals surface area contributed by atoms with Gasteiger partial charge < -0.3 is 10.1 Å². The maximum atomic E-state index is 5.90.